The summed E-state index contributed by atoms with van der Waals surface area (Å²) < 4.78 is 31.8. The number of benzene rings is 2. The van der Waals surface area contributed by atoms with Crippen molar-refractivity contribution in [2.24, 2.45) is 0 Å². The van der Waals surface area contributed by atoms with Crippen LogP contribution in [0.25, 0.3) is 0 Å². The van der Waals surface area contributed by atoms with Gasteiger partial charge in [-0.3, -0.25) is 10.1 Å². The molecular formula is C20H25N3O4S2. The quantitative estimate of drug-likeness (QED) is 0.620. The van der Waals surface area contributed by atoms with Crippen molar-refractivity contribution in [1.29, 1.82) is 0 Å². The van der Waals surface area contributed by atoms with E-state index in [1.165, 1.54) is 16.4 Å². The lowest BCUT2D eigenvalue weighted by Crippen LogP contribution is -2.37. The molecular weight excluding hydrogens is 410 g/mol. The zero-order valence-corrected chi connectivity index (χ0v) is 18.3. The second kappa shape index (κ2) is 10.3. The van der Waals surface area contributed by atoms with E-state index in [1.807, 2.05) is 19.1 Å². The fourth-order valence-corrected chi connectivity index (χ4v) is 4.22. The van der Waals surface area contributed by atoms with Crippen molar-refractivity contribution in [1.82, 2.24) is 9.62 Å². The number of sulfonamides is 1. The van der Waals surface area contributed by atoms with Crippen molar-refractivity contribution in [2.45, 2.75) is 25.7 Å². The number of thiocarbonyl (C=S) groups is 1. The summed E-state index contributed by atoms with van der Waals surface area (Å²) in [6, 6.07) is 13.5. The fourth-order valence-electron chi connectivity index (χ4n) is 2.53. The average Bonchev–Trinajstić information content (AvgIpc) is 2.68. The molecule has 2 N–H and O–H groups in total. The molecule has 0 saturated heterocycles. The molecule has 2 aromatic rings. The van der Waals surface area contributed by atoms with Crippen LogP contribution in [0.4, 0.5) is 5.69 Å². The van der Waals surface area contributed by atoms with Gasteiger partial charge in [0.1, 0.15) is 5.75 Å². The molecule has 0 heterocycles. The van der Waals surface area contributed by atoms with E-state index < -0.39 is 15.9 Å². The highest BCUT2D eigenvalue weighted by Gasteiger charge is 2.21. The lowest BCUT2D eigenvalue weighted by Gasteiger charge is -2.18. The summed E-state index contributed by atoms with van der Waals surface area (Å²) >= 11 is 5.12. The first-order chi connectivity index (χ1) is 13.8. The van der Waals surface area contributed by atoms with E-state index in [2.05, 4.69) is 10.6 Å². The highest BCUT2D eigenvalue weighted by atomic mass is 32.2. The molecule has 0 spiro atoms. The van der Waals surface area contributed by atoms with Crippen LogP contribution in [0.15, 0.2) is 53.4 Å². The third-order valence-corrected chi connectivity index (χ3v) is 6.37. The van der Waals surface area contributed by atoms with Crippen molar-refractivity contribution in [2.75, 3.05) is 25.0 Å². The molecule has 2 aromatic carbocycles. The van der Waals surface area contributed by atoms with Gasteiger partial charge in [0, 0.05) is 18.8 Å². The monoisotopic (exact) mass is 435 g/mol. The van der Waals surface area contributed by atoms with Crippen LogP contribution in [-0.4, -0.2) is 43.4 Å². The third-order valence-electron chi connectivity index (χ3n) is 4.10. The molecule has 0 aliphatic rings. The molecule has 0 bridgehead atoms. The van der Waals surface area contributed by atoms with Gasteiger partial charge < -0.3 is 10.1 Å². The molecule has 0 atom stereocenters. The van der Waals surface area contributed by atoms with Crippen LogP contribution in [0.2, 0.25) is 0 Å². The van der Waals surface area contributed by atoms with Crippen LogP contribution >= 0.6 is 12.2 Å². The van der Waals surface area contributed by atoms with Gasteiger partial charge in [-0.15, -0.1) is 0 Å². The highest BCUT2D eigenvalue weighted by molar-refractivity contribution is 7.89. The van der Waals surface area contributed by atoms with Crippen molar-refractivity contribution in [3.63, 3.8) is 0 Å². The van der Waals surface area contributed by atoms with Gasteiger partial charge in [-0.2, -0.15) is 4.31 Å². The molecule has 0 fully saturated rings. The Morgan fingerprint density at radius 2 is 1.62 bits per heavy atom. The second-order valence-corrected chi connectivity index (χ2v) is 8.56. The van der Waals surface area contributed by atoms with Crippen LogP contribution < -0.4 is 15.4 Å². The Bertz CT molecular complexity index is 939. The van der Waals surface area contributed by atoms with E-state index in [0.717, 1.165) is 5.56 Å². The largest absolute Gasteiger partial charge is 0.484 e. The minimum Gasteiger partial charge on any atom is -0.484 e. The van der Waals surface area contributed by atoms with Crippen molar-refractivity contribution in [3.05, 3.63) is 54.1 Å². The Balaban J connectivity index is 1.88. The standard InChI is InChI=1S/C20H25N3O4S2/c1-4-23(5-2)29(25,26)18-12-8-16(9-13-18)21-20(28)22-19(24)14-27-17-10-6-15(3)7-11-17/h6-13H,4-5,14H2,1-3H3,(H2,21,22,24,28). The molecule has 156 valence electrons. The van der Waals surface area contributed by atoms with E-state index in [4.69, 9.17) is 17.0 Å². The van der Waals surface area contributed by atoms with E-state index in [1.54, 1.807) is 38.1 Å². The number of nitrogens with one attached hydrogen (secondary N) is 2. The van der Waals surface area contributed by atoms with Crippen molar-refractivity contribution in [3.8, 4) is 5.75 Å². The van der Waals surface area contributed by atoms with Gasteiger partial charge in [-0.1, -0.05) is 31.5 Å². The zero-order chi connectivity index (χ0) is 21.4. The molecule has 0 aliphatic carbocycles. The predicted octanol–water partition coefficient (Wildman–Crippen LogP) is 2.92. The predicted molar refractivity (Wildman–Crippen MR) is 118 cm³/mol. The Labute approximate surface area is 177 Å². The summed E-state index contributed by atoms with van der Waals surface area (Å²) in [6.07, 6.45) is 0. The first-order valence-electron chi connectivity index (χ1n) is 9.16. The number of rotatable bonds is 8. The van der Waals surface area contributed by atoms with Crippen molar-refractivity contribution < 1.29 is 17.9 Å². The summed E-state index contributed by atoms with van der Waals surface area (Å²) in [5.41, 5.74) is 1.66. The maximum atomic E-state index is 12.5. The zero-order valence-electron chi connectivity index (χ0n) is 16.6. The van der Waals surface area contributed by atoms with E-state index in [0.29, 0.717) is 24.5 Å². The smallest absolute Gasteiger partial charge is 0.264 e. The number of hydrogen-bond donors (Lipinski definition) is 2. The van der Waals surface area contributed by atoms with Gasteiger partial charge in [-0.25, -0.2) is 8.42 Å². The van der Waals surface area contributed by atoms with Gasteiger partial charge in [-0.05, 0) is 55.5 Å². The number of ether oxygens (including phenoxy) is 1. The maximum Gasteiger partial charge on any atom is 0.264 e. The van der Waals surface area contributed by atoms with E-state index in [9.17, 15) is 13.2 Å². The first kappa shape index (κ1) is 22.8. The molecule has 0 saturated carbocycles. The lowest BCUT2D eigenvalue weighted by molar-refractivity contribution is -0.121. The SMILES string of the molecule is CCN(CC)S(=O)(=O)c1ccc(NC(=S)NC(=O)COc2ccc(C)cc2)cc1. The number of hydrogen-bond acceptors (Lipinski definition) is 5. The number of anilines is 1. The average molecular weight is 436 g/mol. The Hall–Kier alpha value is -2.49. The maximum absolute atomic E-state index is 12.5. The van der Waals surface area contributed by atoms with Crippen LogP contribution in [-0.2, 0) is 14.8 Å². The van der Waals surface area contributed by atoms with Crippen LogP contribution in [0.3, 0.4) is 0 Å². The first-order valence-corrected chi connectivity index (χ1v) is 11.0. The van der Waals surface area contributed by atoms with Gasteiger partial charge in [0.25, 0.3) is 5.91 Å². The molecule has 29 heavy (non-hydrogen) atoms. The number of amides is 1. The van der Waals surface area contributed by atoms with E-state index in [-0.39, 0.29) is 16.6 Å². The molecule has 0 aliphatic heterocycles. The second-order valence-electron chi connectivity index (χ2n) is 6.22. The highest BCUT2D eigenvalue weighted by Crippen LogP contribution is 2.18. The molecule has 0 radical (unpaired) electrons. The molecule has 0 aromatic heterocycles. The molecule has 9 heteroatoms. The van der Waals surface area contributed by atoms with Crippen LogP contribution in [0.5, 0.6) is 5.75 Å². The molecule has 0 unspecified atom stereocenters. The minimum absolute atomic E-state index is 0.0989. The number of aryl methyl sites for hydroxylation is 1. The summed E-state index contributed by atoms with van der Waals surface area (Å²) in [4.78, 5) is 12.2. The minimum atomic E-state index is -3.52. The van der Waals surface area contributed by atoms with Gasteiger partial charge in [0.15, 0.2) is 11.7 Å². The van der Waals surface area contributed by atoms with Crippen LogP contribution in [0.1, 0.15) is 19.4 Å². The van der Waals surface area contributed by atoms with E-state index >= 15 is 0 Å². The van der Waals surface area contributed by atoms with Crippen LogP contribution in [0, 0.1) is 6.92 Å². The summed E-state index contributed by atoms with van der Waals surface area (Å²) in [5.74, 6) is 0.193. The summed E-state index contributed by atoms with van der Waals surface area (Å²) in [5, 5.41) is 5.47. The molecule has 1 amide bonds. The number of carbonyl (C=O) groups is 1. The number of carbonyl (C=O) groups excluding carboxylic acids is 1. The normalized spacial score (nSPS) is 11.2. The summed E-state index contributed by atoms with van der Waals surface area (Å²) in [6.45, 7) is 6.18. The Morgan fingerprint density at radius 1 is 1.03 bits per heavy atom. The lowest BCUT2D eigenvalue weighted by atomic mass is 10.2. The topological polar surface area (TPSA) is 87.7 Å². The van der Waals surface area contributed by atoms with Gasteiger partial charge in [0.05, 0.1) is 4.90 Å². The van der Waals surface area contributed by atoms with Gasteiger partial charge >= 0.3 is 0 Å². The molecule has 7 nitrogen and oxygen atoms in total. The number of nitrogens with zero attached hydrogens (tertiary/aromatic N) is 1. The molecule has 2 rings (SSSR count). The van der Waals surface area contributed by atoms with Gasteiger partial charge in [0.2, 0.25) is 10.0 Å². The van der Waals surface area contributed by atoms with Crippen molar-refractivity contribution >= 4 is 38.9 Å². The summed E-state index contributed by atoms with van der Waals surface area (Å²) in [7, 11) is -3.52. The Kier molecular flexibility index (Phi) is 8.12. The third kappa shape index (κ3) is 6.52. The Morgan fingerprint density at radius 3 is 2.17 bits per heavy atom. The fraction of sp³-hybridized carbons (Fsp3) is 0.300.